The molecule has 1 saturated heterocycles. The quantitative estimate of drug-likeness (QED) is 0.0299. The van der Waals surface area contributed by atoms with Crippen molar-refractivity contribution in [3.05, 3.63) is 0 Å². The molecule has 0 aromatic carbocycles. The number of unbranched alkanes of at least 4 members (excludes halogenated alkanes) is 3. The van der Waals surface area contributed by atoms with Gasteiger partial charge < -0.3 is 85.7 Å². The van der Waals surface area contributed by atoms with Crippen LogP contribution in [0.15, 0.2) is 0 Å². The van der Waals surface area contributed by atoms with E-state index in [9.17, 15) is 72.9 Å². The first kappa shape index (κ1) is 72.5. The smallest absolute Gasteiger partial charge is 0.326 e. The molecule has 0 aromatic rings. The summed E-state index contributed by atoms with van der Waals surface area (Å²) in [5.41, 5.74) is 23.0. The number of likely N-dealkylation sites (tertiary alicyclic amines) is 1. The molecule has 0 radical (unpaired) electrons. The van der Waals surface area contributed by atoms with Gasteiger partial charge in [0, 0.05) is 13.0 Å². The monoisotopic (exact) mass is 1150 g/mol. The van der Waals surface area contributed by atoms with Crippen LogP contribution in [0.1, 0.15) is 158 Å². The van der Waals surface area contributed by atoms with Crippen LogP contribution in [0.4, 0.5) is 0 Å². The van der Waals surface area contributed by atoms with Crippen LogP contribution in [0, 0.1) is 17.8 Å². The van der Waals surface area contributed by atoms with Gasteiger partial charge in [0.2, 0.25) is 53.2 Å². The van der Waals surface area contributed by atoms with E-state index in [-0.39, 0.29) is 70.0 Å². The SMILES string of the molecule is CC[C@H](C)[C@H](NC(=O)[C@H](CCCCN)NC(=O)[C@H](CCC(=O)O)NC(=O)[C@H](CC(C)C)NC(=O)[C@H](CC(=O)O)NC(=O)[C@H](CCCCN)NC(=O)[C@@H](N)CC(C)C)C(=O)N[C@@H](C)C(=O)N1CCC[C@H]1C(=O)N[C@@H](CCCCN)C(=O)O. The van der Waals surface area contributed by atoms with E-state index in [1.54, 1.807) is 27.7 Å². The average Bonchev–Trinajstić information content (AvgIpc) is 3.97. The summed E-state index contributed by atoms with van der Waals surface area (Å²) in [5, 5.41) is 49.5. The molecule has 28 nitrogen and oxygen atoms in total. The summed E-state index contributed by atoms with van der Waals surface area (Å²) in [7, 11) is 0. The fourth-order valence-electron chi connectivity index (χ4n) is 9.02. The van der Waals surface area contributed by atoms with Crippen LogP contribution < -0.4 is 65.5 Å². The number of aliphatic carboxylic acids is 3. The predicted octanol–water partition coefficient (Wildman–Crippen LogP) is -1.85. The highest BCUT2D eigenvalue weighted by Gasteiger charge is 2.40. The van der Waals surface area contributed by atoms with Gasteiger partial charge in [0.1, 0.15) is 54.4 Å². The molecule has 81 heavy (non-hydrogen) atoms. The van der Waals surface area contributed by atoms with E-state index in [1.807, 2.05) is 13.8 Å². The molecule has 0 aromatic heterocycles. The number of hydrogen-bond acceptors (Lipinski definition) is 16. The van der Waals surface area contributed by atoms with Crippen LogP contribution >= 0.6 is 0 Å². The molecule has 0 unspecified atom stereocenters. The van der Waals surface area contributed by atoms with E-state index in [4.69, 9.17) is 22.9 Å². The number of carbonyl (C=O) groups excluding carboxylic acids is 9. The molecular weight excluding hydrogens is 1060 g/mol. The fourth-order valence-corrected chi connectivity index (χ4v) is 9.02. The fraction of sp³-hybridized carbons (Fsp3) is 0.774. The molecule has 0 spiro atoms. The maximum Gasteiger partial charge on any atom is 0.326 e. The Hall–Kier alpha value is -6.52. The second-order valence-corrected chi connectivity index (χ2v) is 21.7. The Morgan fingerprint density at radius 2 is 0.951 bits per heavy atom. The summed E-state index contributed by atoms with van der Waals surface area (Å²) in [5.74, 6) is -12.5. The van der Waals surface area contributed by atoms with E-state index in [0.29, 0.717) is 57.9 Å². The summed E-state index contributed by atoms with van der Waals surface area (Å²) >= 11 is 0. The molecule has 11 atom stereocenters. The molecule has 1 aliphatic heterocycles. The van der Waals surface area contributed by atoms with Gasteiger partial charge in [0.05, 0.1) is 12.5 Å². The van der Waals surface area contributed by atoms with E-state index in [2.05, 4.69) is 42.5 Å². The number of carboxylic acid groups (broad SMARTS) is 3. The van der Waals surface area contributed by atoms with Crippen LogP contribution in [-0.4, -0.2) is 178 Å². The van der Waals surface area contributed by atoms with Crippen LogP contribution in [0.5, 0.6) is 0 Å². The van der Waals surface area contributed by atoms with Crippen molar-refractivity contribution in [2.45, 2.75) is 218 Å². The number of carboxylic acids is 3. The number of nitrogens with one attached hydrogen (secondary N) is 8. The molecule has 1 aliphatic rings. The highest BCUT2D eigenvalue weighted by atomic mass is 16.4. The van der Waals surface area contributed by atoms with Gasteiger partial charge in [-0.3, -0.25) is 52.7 Å². The lowest BCUT2D eigenvalue weighted by molar-refractivity contribution is -0.145. The van der Waals surface area contributed by atoms with E-state index in [1.165, 1.54) is 11.8 Å². The van der Waals surface area contributed by atoms with Crippen molar-refractivity contribution in [2.24, 2.45) is 40.7 Å². The topological polar surface area (TPSA) is 469 Å². The first-order valence-electron chi connectivity index (χ1n) is 28.4. The van der Waals surface area contributed by atoms with Gasteiger partial charge in [-0.25, -0.2) is 4.79 Å². The zero-order valence-electron chi connectivity index (χ0n) is 48.4. The van der Waals surface area contributed by atoms with Crippen molar-refractivity contribution >= 4 is 71.1 Å². The number of nitrogens with zero attached hydrogens (tertiary/aromatic N) is 1. The molecule has 0 aliphatic carbocycles. The highest BCUT2D eigenvalue weighted by Crippen LogP contribution is 2.20. The lowest BCUT2D eigenvalue weighted by Gasteiger charge is -2.31. The molecule has 0 saturated carbocycles. The van der Waals surface area contributed by atoms with Gasteiger partial charge in [-0.2, -0.15) is 0 Å². The Morgan fingerprint density at radius 1 is 0.506 bits per heavy atom. The molecule has 1 rings (SSSR count). The number of hydrogen-bond donors (Lipinski definition) is 15. The minimum Gasteiger partial charge on any atom is -0.481 e. The van der Waals surface area contributed by atoms with Gasteiger partial charge in [-0.1, -0.05) is 48.0 Å². The molecule has 19 N–H and O–H groups in total. The third-order valence-electron chi connectivity index (χ3n) is 13.8. The lowest BCUT2D eigenvalue weighted by atomic mass is 9.97. The second kappa shape index (κ2) is 38.2. The second-order valence-electron chi connectivity index (χ2n) is 21.7. The molecule has 1 heterocycles. The molecule has 1 fully saturated rings. The predicted molar refractivity (Wildman–Crippen MR) is 298 cm³/mol. The Balaban J connectivity index is 3.46. The Bertz CT molecular complexity index is 2100. The van der Waals surface area contributed by atoms with Crippen molar-refractivity contribution < 1.29 is 72.9 Å². The van der Waals surface area contributed by atoms with Gasteiger partial charge in [0.15, 0.2) is 0 Å². The van der Waals surface area contributed by atoms with Crippen molar-refractivity contribution in [1.82, 2.24) is 47.4 Å². The third-order valence-corrected chi connectivity index (χ3v) is 13.8. The Kier molecular flexibility index (Phi) is 34.2. The highest BCUT2D eigenvalue weighted by molar-refractivity contribution is 5.99. The van der Waals surface area contributed by atoms with Crippen molar-refractivity contribution in [1.29, 1.82) is 0 Å². The first-order chi connectivity index (χ1) is 38.1. The number of carbonyl (C=O) groups is 12. The molecule has 28 heteroatoms. The zero-order chi connectivity index (χ0) is 61.5. The Morgan fingerprint density at radius 3 is 1.42 bits per heavy atom. The molecule has 0 bridgehead atoms. The van der Waals surface area contributed by atoms with Crippen LogP contribution in [0.2, 0.25) is 0 Å². The van der Waals surface area contributed by atoms with Crippen LogP contribution in [0.25, 0.3) is 0 Å². The van der Waals surface area contributed by atoms with E-state index >= 15 is 0 Å². The maximum atomic E-state index is 14.2. The molecular formula is C53H95N13O15. The lowest BCUT2D eigenvalue weighted by Crippen LogP contribution is -2.61. The number of rotatable bonds is 41. The van der Waals surface area contributed by atoms with Crippen molar-refractivity contribution in [2.75, 3.05) is 26.2 Å². The van der Waals surface area contributed by atoms with Gasteiger partial charge in [-0.15, -0.1) is 0 Å². The standard InChI is InChI=1S/C53H95N13O15/c1-8-31(6)43(51(78)58-32(7)52(79)66-25-15-19-40(66)50(77)62-37(53(80)81)18-11-14-24-56)65-47(74)35(17-10-13-23-55)60-46(73)36(20-21-41(67)68)61-48(75)38(27-30(4)5)63-49(76)39(28-42(69)70)64-45(72)34(16-9-12-22-54)59-44(71)33(57)26-29(2)3/h29-40,43H,8-28,54-57H2,1-7H3,(H,58,78)(H,59,71)(H,60,73)(H,61,75)(H,62,77)(H,63,76)(H,64,72)(H,65,74)(H,67,68)(H,69,70)(H,80,81)/t31-,32-,33-,34-,35-,36-,37-,38-,39-,40-,43-/m0/s1. The summed E-state index contributed by atoms with van der Waals surface area (Å²) in [6, 6.07) is -13.3. The molecule has 462 valence electrons. The molecule has 9 amide bonds. The minimum absolute atomic E-state index is 0.0422. The largest absolute Gasteiger partial charge is 0.481 e. The maximum absolute atomic E-state index is 14.2. The average molecular weight is 1150 g/mol. The van der Waals surface area contributed by atoms with Crippen molar-refractivity contribution in [3.8, 4) is 0 Å². The number of nitrogens with two attached hydrogens (primary N) is 4. The van der Waals surface area contributed by atoms with Gasteiger partial charge >= 0.3 is 17.9 Å². The summed E-state index contributed by atoms with van der Waals surface area (Å²) in [6.45, 7) is 12.9. The van der Waals surface area contributed by atoms with Gasteiger partial charge in [0.25, 0.3) is 0 Å². The van der Waals surface area contributed by atoms with E-state index < -0.39 is 157 Å². The summed E-state index contributed by atoms with van der Waals surface area (Å²) in [4.78, 5) is 161. The minimum atomic E-state index is -1.78. The first-order valence-corrected chi connectivity index (χ1v) is 28.4. The summed E-state index contributed by atoms with van der Waals surface area (Å²) in [6.07, 6.45) is 1.78. The summed E-state index contributed by atoms with van der Waals surface area (Å²) < 4.78 is 0. The van der Waals surface area contributed by atoms with Crippen LogP contribution in [-0.2, 0) is 57.5 Å². The van der Waals surface area contributed by atoms with E-state index in [0.717, 1.165) is 0 Å². The Labute approximate surface area is 475 Å². The van der Waals surface area contributed by atoms with Crippen molar-refractivity contribution in [3.63, 3.8) is 0 Å². The zero-order valence-corrected chi connectivity index (χ0v) is 48.4. The normalized spacial score (nSPS) is 16.9. The van der Waals surface area contributed by atoms with Gasteiger partial charge in [-0.05, 0) is 134 Å². The van der Waals surface area contributed by atoms with Crippen LogP contribution in [0.3, 0.4) is 0 Å². The number of amides is 9. The third kappa shape index (κ3) is 27.2.